The largest absolute Gasteiger partial charge is 0.309 e. The Morgan fingerprint density at radius 1 is 0.962 bits per heavy atom. The van der Waals surface area contributed by atoms with Gasteiger partial charge in [-0.15, -0.1) is 0 Å². The van der Waals surface area contributed by atoms with Gasteiger partial charge in [-0.25, -0.2) is 9.97 Å². The lowest BCUT2D eigenvalue weighted by Gasteiger charge is -2.20. The molecule has 4 nitrogen and oxygen atoms in total. The van der Waals surface area contributed by atoms with Crippen LogP contribution in [0, 0.1) is 0 Å². The maximum atomic E-state index is 11.6. The third-order valence-corrected chi connectivity index (χ3v) is 4.43. The van der Waals surface area contributed by atoms with Crippen LogP contribution in [-0.4, -0.2) is 15.9 Å². The molecule has 26 heavy (non-hydrogen) atoms. The average Bonchev–Trinajstić information content (AvgIpc) is 2.66. The summed E-state index contributed by atoms with van der Waals surface area (Å²) < 4.78 is 0. The highest BCUT2D eigenvalue weighted by Crippen LogP contribution is 2.32. The van der Waals surface area contributed by atoms with Crippen LogP contribution in [0.2, 0.25) is 0 Å². The molecule has 2 aromatic carbocycles. The van der Waals surface area contributed by atoms with Gasteiger partial charge in [0.1, 0.15) is 5.69 Å². The van der Waals surface area contributed by atoms with Crippen molar-refractivity contribution in [1.29, 1.82) is 0 Å². The molecule has 1 aromatic heterocycles. The molecule has 0 aliphatic heterocycles. The highest BCUT2D eigenvalue weighted by molar-refractivity contribution is 5.90. The number of rotatable bonds is 3. The number of aromatic nitrogens is 2. The third kappa shape index (κ3) is 3.26. The minimum absolute atomic E-state index is 0.148. The number of hydrogen-bond donors (Lipinski definition) is 1. The summed E-state index contributed by atoms with van der Waals surface area (Å²) in [5, 5.41) is 2.82. The molecule has 0 atom stereocenters. The van der Waals surface area contributed by atoms with Crippen LogP contribution >= 0.6 is 0 Å². The summed E-state index contributed by atoms with van der Waals surface area (Å²) in [6.07, 6.45) is 5.66. The number of amides is 1. The summed E-state index contributed by atoms with van der Waals surface area (Å²) >= 11 is 0. The first kappa shape index (κ1) is 16.2. The van der Waals surface area contributed by atoms with Crippen LogP contribution < -0.4 is 5.32 Å². The Kier molecular flexibility index (Phi) is 4.32. The second-order valence-corrected chi connectivity index (χ2v) is 6.34. The van der Waals surface area contributed by atoms with E-state index in [-0.39, 0.29) is 5.91 Å². The van der Waals surface area contributed by atoms with Gasteiger partial charge in [-0.05, 0) is 30.0 Å². The molecule has 4 rings (SSSR count). The second kappa shape index (κ2) is 6.92. The van der Waals surface area contributed by atoms with Crippen molar-refractivity contribution < 1.29 is 4.79 Å². The van der Waals surface area contributed by atoms with Crippen molar-refractivity contribution in [3.63, 3.8) is 0 Å². The van der Waals surface area contributed by atoms with E-state index in [9.17, 15) is 4.79 Å². The summed E-state index contributed by atoms with van der Waals surface area (Å²) in [6.45, 7) is 1.49. The topological polar surface area (TPSA) is 54.9 Å². The van der Waals surface area contributed by atoms with E-state index in [0.29, 0.717) is 11.5 Å². The first-order chi connectivity index (χ1) is 12.7. The lowest BCUT2D eigenvalue weighted by atomic mass is 9.92. The summed E-state index contributed by atoms with van der Waals surface area (Å²) in [6, 6.07) is 18.3. The van der Waals surface area contributed by atoms with Gasteiger partial charge in [0.25, 0.3) is 0 Å². The molecule has 0 saturated heterocycles. The van der Waals surface area contributed by atoms with Gasteiger partial charge in [-0.3, -0.25) is 4.79 Å². The monoisotopic (exact) mass is 341 g/mol. The molecule has 1 heterocycles. The van der Waals surface area contributed by atoms with Crippen molar-refractivity contribution in [1.82, 2.24) is 9.97 Å². The fourth-order valence-corrected chi connectivity index (χ4v) is 3.21. The maximum absolute atomic E-state index is 11.6. The highest BCUT2D eigenvalue weighted by atomic mass is 16.1. The van der Waals surface area contributed by atoms with Gasteiger partial charge in [-0.2, -0.15) is 0 Å². The minimum Gasteiger partial charge on any atom is -0.309 e. The summed E-state index contributed by atoms with van der Waals surface area (Å²) in [5.74, 6) is 0.368. The molecule has 0 saturated carbocycles. The normalized spacial score (nSPS) is 12.5. The van der Waals surface area contributed by atoms with Crippen molar-refractivity contribution in [3.8, 4) is 11.3 Å². The summed E-state index contributed by atoms with van der Waals surface area (Å²) in [4.78, 5) is 21.2. The van der Waals surface area contributed by atoms with Crippen LogP contribution in [0.3, 0.4) is 0 Å². The van der Waals surface area contributed by atoms with E-state index in [4.69, 9.17) is 9.97 Å². The van der Waals surface area contributed by atoms with Gasteiger partial charge >= 0.3 is 0 Å². The first-order valence-corrected chi connectivity index (χ1v) is 8.70. The minimum atomic E-state index is -0.148. The van der Waals surface area contributed by atoms with Crippen LogP contribution in [0.4, 0.5) is 5.82 Å². The van der Waals surface area contributed by atoms with E-state index in [0.717, 1.165) is 35.4 Å². The number of benzene rings is 2. The molecule has 0 fully saturated rings. The number of carbonyl (C=O) groups excluding carboxylic acids is 1. The fourth-order valence-electron chi connectivity index (χ4n) is 3.21. The van der Waals surface area contributed by atoms with E-state index >= 15 is 0 Å². The molecule has 0 spiro atoms. The zero-order valence-electron chi connectivity index (χ0n) is 14.6. The number of nitrogens with one attached hydrogen (secondary N) is 1. The van der Waals surface area contributed by atoms with E-state index in [2.05, 4.69) is 23.5 Å². The van der Waals surface area contributed by atoms with Crippen LogP contribution in [0.15, 0.2) is 54.6 Å². The van der Waals surface area contributed by atoms with Gasteiger partial charge in [0.2, 0.25) is 5.91 Å². The third-order valence-electron chi connectivity index (χ3n) is 4.43. The number of hydrogen-bond acceptors (Lipinski definition) is 3. The van der Waals surface area contributed by atoms with Gasteiger partial charge in [0.15, 0.2) is 5.82 Å². The van der Waals surface area contributed by atoms with Crippen molar-refractivity contribution in [2.24, 2.45) is 0 Å². The Morgan fingerprint density at radius 3 is 2.54 bits per heavy atom. The van der Waals surface area contributed by atoms with E-state index in [1.54, 1.807) is 0 Å². The summed E-state index contributed by atoms with van der Waals surface area (Å²) in [7, 11) is 0. The molecule has 1 N–H and O–H groups in total. The van der Waals surface area contributed by atoms with Crippen LogP contribution in [-0.2, 0) is 17.6 Å². The Balaban J connectivity index is 1.81. The zero-order chi connectivity index (χ0) is 17.9. The molecule has 0 unspecified atom stereocenters. The van der Waals surface area contributed by atoms with Crippen molar-refractivity contribution in [2.75, 3.05) is 5.32 Å². The van der Waals surface area contributed by atoms with Crippen LogP contribution in [0.1, 0.15) is 29.4 Å². The van der Waals surface area contributed by atoms with Crippen molar-refractivity contribution in [3.05, 3.63) is 77.1 Å². The predicted octanol–water partition coefficient (Wildman–Crippen LogP) is 4.37. The quantitative estimate of drug-likeness (QED) is 0.769. The fraction of sp³-hybridized carbons (Fsp3) is 0.136. The Labute approximate surface area is 152 Å². The van der Waals surface area contributed by atoms with Crippen LogP contribution in [0.5, 0.6) is 0 Å². The Hall–Kier alpha value is -3.27. The SMILES string of the molecule is CC(=O)Nc1nc2c(nc1C=Cc1ccccc1)-c1ccccc1CC2. The molecule has 4 heteroatoms. The van der Waals surface area contributed by atoms with E-state index in [1.807, 2.05) is 48.6 Å². The summed E-state index contributed by atoms with van der Waals surface area (Å²) in [5.41, 5.74) is 6.00. The van der Waals surface area contributed by atoms with E-state index < -0.39 is 0 Å². The maximum Gasteiger partial charge on any atom is 0.222 e. The van der Waals surface area contributed by atoms with Crippen molar-refractivity contribution >= 4 is 23.9 Å². The smallest absolute Gasteiger partial charge is 0.222 e. The molecule has 1 amide bonds. The highest BCUT2D eigenvalue weighted by Gasteiger charge is 2.20. The van der Waals surface area contributed by atoms with E-state index in [1.165, 1.54) is 12.5 Å². The van der Waals surface area contributed by atoms with Crippen molar-refractivity contribution in [2.45, 2.75) is 19.8 Å². The number of nitrogens with zero attached hydrogens (tertiary/aromatic N) is 2. The number of anilines is 1. The molecule has 0 bridgehead atoms. The molecular weight excluding hydrogens is 322 g/mol. The average molecular weight is 341 g/mol. The van der Waals surface area contributed by atoms with Gasteiger partial charge in [0.05, 0.1) is 11.4 Å². The first-order valence-electron chi connectivity index (χ1n) is 8.70. The number of carbonyl (C=O) groups is 1. The zero-order valence-corrected chi connectivity index (χ0v) is 14.6. The van der Waals surface area contributed by atoms with Gasteiger partial charge < -0.3 is 5.32 Å². The molecule has 128 valence electrons. The Bertz CT molecular complexity index is 994. The lowest BCUT2D eigenvalue weighted by molar-refractivity contribution is -0.114. The van der Waals surface area contributed by atoms with Crippen LogP contribution in [0.25, 0.3) is 23.4 Å². The number of fused-ring (bicyclic) bond motifs is 3. The molecule has 1 aliphatic rings. The standard InChI is InChI=1S/C22H19N3O/c1-15(26)23-22-20(13-11-16-7-3-2-4-8-16)24-21-18-10-6-5-9-17(18)12-14-19(21)25-22/h2-11,13H,12,14H2,1H3,(H,23,25,26). The molecular formula is C22H19N3O. The van der Waals surface area contributed by atoms with Gasteiger partial charge in [-0.1, -0.05) is 60.7 Å². The Morgan fingerprint density at radius 2 is 1.73 bits per heavy atom. The molecule has 3 aromatic rings. The van der Waals surface area contributed by atoms with Gasteiger partial charge in [0, 0.05) is 12.5 Å². The second-order valence-electron chi connectivity index (χ2n) is 6.34. The number of aryl methyl sites for hydroxylation is 2. The molecule has 0 radical (unpaired) electrons. The molecule has 1 aliphatic carbocycles. The predicted molar refractivity (Wildman–Crippen MR) is 105 cm³/mol. The lowest BCUT2D eigenvalue weighted by Crippen LogP contribution is -2.15.